The van der Waals surface area contributed by atoms with Crippen molar-refractivity contribution in [2.24, 2.45) is 0 Å². The minimum absolute atomic E-state index is 0.0652. The summed E-state index contributed by atoms with van der Waals surface area (Å²) in [7, 11) is 0. The first-order chi connectivity index (χ1) is 16.1. The van der Waals surface area contributed by atoms with Gasteiger partial charge in [0.2, 0.25) is 5.91 Å². The van der Waals surface area contributed by atoms with Crippen LogP contribution in [0.1, 0.15) is 37.5 Å². The average molecular weight is 458 g/mol. The van der Waals surface area contributed by atoms with Gasteiger partial charge in [-0.2, -0.15) is 0 Å². The van der Waals surface area contributed by atoms with E-state index in [1.54, 1.807) is 4.57 Å². The molecule has 33 heavy (non-hydrogen) atoms. The third kappa shape index (κ3) is 4.04. The number of hydrogen-bond donors (Lipinski definition) is 0. The molecule has 0 radical (unpaired) electrons. The van der Waals surface area contributed by atoms with Crippen LogP contribution in [0.4, 0.5) is 0 Å². The second-order valence-corrected chi connectivity index (χ2v) is 9.66. The Morgan fingerprint density at radius 2 is 1.79 bits per heavy atom. The van der Waals surface area contributed by atoms with Crippen molar-refractivity contribution in [1.29, 1.82) is 0 Å². The minimum atomic E-state index is -0.450. The number of fused-ring (bicyclic) bond motifs is 2. The normalized spacial score (nSPS) is 17.0. The third-order valence-electron chi connectivity index (χ3n) is 6.49. The van der Waals surface area contributed by atoms with Crippen LogP contribution in [0, 0.1) is 0 Å². The van der Waals surface area contributed by atoms with Crippen molar-refractivity contribution >= 4 is 39.3 Å². The Hall–Kier alpha value is -3.12. The predicted molar refractivity (Wildman–Crippen MR) is 135 cm³/mol. The van der Waals surface area contributed by atoms with Crippen molar-refractivity contribution in [2.75, 3.05) is 6.54 Å². The monoisotopic (exact) mass is 457 g/mol. The first kappa shape index (κ1) is 21.7. The molecule has 168 valence electrons. The van der Waals surface area contributed by atoms with E-state index in [9.17, 15) is 9.59 Å². The minimum Gasteiger partial charge on any atom is -0.339 e. The molecule has 1 unspecified atom stereocenters. The van der Waals surface area contributed by atoms with E-state index < -0.39 is 5.25 Å². The van der Waals surface area contributed by atoms with Gasteiger partial charge in [0, 0.05) is 19.1 Å². The van der Waals surface area contributed by atoms with Gasteiger partial charge >= 0.3 is 0 Å². The smallest absolute Gasteiger partial charge is 0.262 e. The molecule has 0 spiro atoms. The first-order valence-corrected chi connectivity index (χ1v) is 12.4. The molecule has 1 saturated heterocycles. The topological polar surface area (TPSA) is 55.2 Å². The summed E-state index contributed by atoms with van der Waals surface area (Å²) in [5.74, 6) is 0.0895. The van der Waals surface area contributed by atoms with E-state index in [4.69, 9.17) is 4.98 Å². The van der Waals surface area contributed by atoms with Crippen LogP contribution in [0.2, 0.25) is 0 Å². The highest BCUT2D eigenvalue weighted by Gasteiger charge is 2.33. The molecule has 1 amide bonds. The van der Waals surface area contributed by atoms with E-state index in [0.717, 1.165) is 35.7 Å². The van der Waals surface area contributed by atoms with E-state index in [2.05, 4.69) is 6.92 Å². The van der Waals surface area contributed by atoms with Gasteiger partial charge in [-0.25, -0.2) is 4.98 Å². The summed E-state index contributed by atoms with van der Waals surface area (Å²) in [5, 5.41) is 2.81. The number of aromatic nitrogens is 2. The number of carbonyl (C=O) groups excluding carboxylic acids is 1. The van der Waals surface area contributed by atoms with Crippen LogP contribution in [0.15, 0.2) is 76.7 Å². The number of thioether (sulfide) groups is 1. The molecule has 1 aliphatic heterocycles. The molecule has 5 nitrogen and oxygen atoms in total. The molecule has 0 bridgehead atoms. The maximum absolute atomic E-state index is 13.7. The van der Waals surface area contributed by atoms with E-state index in [1.165, 1.54) is 11.8 Å². The molecule has 1 fully saturated rings. The molecule has 2 heterocycles. The van der Waals surface area contributed by atoms with Crippen LogP contribution in [-0.2, 0) is 11.3 Å². The van der Waals surface area contributed by atoms with Crippen molar-refractivity contribution in [2.45, 2.75) is 49.7 Å². The van der Waals surface area contributed by atoms with Gasteiger partial charge in [0.1, 0.15) is 5.25 Å². The number of benzene rings is 3. The number of rotatable bonds is 5. The van der Waals surface area contributed by atoms with E-state index in [-0.39, 0.29) is 17.5 Å². The van der Waals surface area contributed by atoms with E-state index in [1.807, 2.05) is 78.6 Å². The molecule has 5 rings (SSSR count). The van der Waals surface area contributed by atoms with Crippen molar-refractivity contribution in [3.8, 4) is 0 Å². The zero-order chi connectivity index (χ0) is 22.9. The Morgan fingerprint density at radius 1 is 1.09 bits per heavy atom. The highest BCUT2D eigenvalue weighted by atomic mass is 32.2. The molecular formula is C27H27N3O2S. The Bertz CT molecular complexity index is 1380. The zero-order valence-corrected chi connectivity index (χ0v) is 19.7. The lowest BCUT2D eigenvalue weighted by Crippen LogP contribution is -2.36. The standard InChI is InChI=1S/C27H27N3O2S/c1-3-29-25(31)22-16-20-13-7-8-14-21(20)17-23(22)28-27(29)33-24(19-11-5-4-6-12-19)26(32)30-15-9-10-18(30)2/h4-8,11-14,16-18,24H,3,9-10,15H2,1-2H3/t18?,24-/m0/s1. The number of nitrogens with zero attached hydrogens (tertiary/aromatic N) is 3. The van der Waals surface area contributed by atoms with Crippen molar-refractivity contribution in [3.05, 3.63) is 82.6 Å². The lowest BCUT2D eigenvalue weighted by Gasteiger charge is -2.27. The van der Waals surface area contributed by atoms with Gasteiger partial charge in [-0.1, -0.05) is 66.4 Å². The summed E-state index contributed by atoms with van der Waals surface area (Å²) < 4.78 is 1.69. The third-order valence-corrected chi connectivity index (χ3v) is 7.72. The van der Waals surface area contributed by atoms with E-state index >= 15 is 0 Å². The van der Waals surface area contributed by atoms with Crippen LogP contribution in [0.5, 0.6) is 0 Å². The van der Waals surface area contributed by atoms with Crippen LogP contribution in [-0.4, -0.2) is 32.9 Å². The van der Waals surface area contributed by atoms with Gasteiger partial charge in [0.15, 0.2) is 5.16 Å². The van der Waals surface area contributed by atoms with Gasteiger partial charge in [0.05, 0.1) is 10.9 Å². The van der Waals surface area contributed by atoms with Gasteiger partial charge in [-0.05, 0) is 55.2 Å². The number of hydrogen-bond acceptors (Lipinski definition) is 4. The second kappa shape index (κ2) is 9.02. The molecular weight excluding hydrogens is 430 g/mol. The lowest BCUT2D eigenvalue weighted by molar-refractivity contribution is -0.131. The Balaban J connectivity index is 1.63. The molecule has 0 aliphatic carbocycles. The Labute approximate surface area is 197 Å². The molecule has 3 aromatic carbocycles. The highest BCUT2D eigenvalue weighted by Crippen LogP contribution is 2.38. The SMILES string of the molecule is CCn1c(S[C@H](C(=O)N2CCCC2C)c2ccccc2)nc2cc3ccccc3cc2c1=O. The summed E-state index contributed by atoms with van der Waals surface area (Å²) in [5.41, 5.74) is 1.53. The number of carbonyl (C=O) groups is 1. The van der Waals surface area contributed by atoms with Gasteiger partial charge in [-0.3, -0.25) is 14.2 Å². The van der Waals surface area contributed by atoms with Gasteiger partial charge < -0.3 is 4.90 Å². The molecule has 0 saturated carbocycles. The predicted octanol–water partition coefficient (Wildman–Crippen LogP) is 5.41. The zero-order valence-electron chi connectivity index (χ0n) is 18.9. The summed E-state index contributed by atoms with van der Waals surface area (Å²) in [4.78, 5) is 34.0. The molecule has 1 aromatic heterocycles. The van der Waals surface area contributed by atoms with Crippen molar-refractivity contribution in [1.82, 2.24) is 14.5 Å². The van der Waals surface area contributed by atoms with Crippen molar-refractivity contribution < 1.29 is 4.79 Å². The molecule has 1 aliphatic rings. The average Bonchev–Trinajstić information content (AvgIpc) is 3.27. The highest BCUT2D eigenvalue weighted by molar-refractivity contribution is 8.00. The maximum atomic E-state index is 13.7. The fraction of sp³-hybridized carbons (Fsp3) is 0.296. The van der Waals surface area contributed by atoms with Crippen LogP contribution >= 0.6 is 11.8 Å². The first-order valence-electron chi connectivity index (χ1n) is 11.5. The van der Waals surface area contributed by atoms with Crippen LogP contribution in [0.3, 0.4) is 0 Å². The fourth-order valence-electron chi connectivity index (χ4n) is 4.66. The van der Waals surface area contributed by atoms with Crippen LogP contribution in [0.25, 0.3) is 21.7 Å². The maximum Gasteiger partial charge on any atom is 0.262 e. The summed E-state index contributed by atoms with van der Waals surface area (Å²) in [6.07, 6.45) is 2.05. The van der Waals surface area contributed by atoms with Crippen molar-refractivity contribution in [3.63, 3.8) is 0 Å². The summed E-state index contributed by atoms with van der Waals surface area (Å²) in [6, 6.07) is 21.9. The Morgan fingerprint density at radius 3 is 2.45 bits per heavy atom. The summed E-state index contributed by atoms with van der Waals surface area (Å²) >= 11 is 1.39. The molecule has 0 N–H and O–H groups in total. The lowest BCUT2D eigenvalue weighted by atomic mass is 10.1. The Kier molecular flexibility index (Phi) is 5.94. The molecule has 4 aromatic rings. The quantitative estimate of drug-likeness (QED) is 0.228. The van der Waals surface area contributed by atoms with Gasteiger partial charge in [-0.15, -0.1) is 0 Å². The van der Waals surface area contributed by atoms with E-state index in [0.29, 0.717) is 22.6 Å². The second-order valence-electron chi connectivity index (χ2n) is 8.59. The van der Waals surface area contributed by atoms with Gasteiger partial charge in [0.25, 0.3) is 5.56 Å². The number of amides is 1. The number of likely N-dealkylation sites (tertiary alicyclic amines) is 1. The largest absolute Gasteiger partial charge is 0.339 e. The fourth-order valence-corrected chi connectivity index (χ4v) is 5.89. The molecule has 2 atom stereocenters. The molecule has 6 heteroatoms. The van der Waals surface area contributed by atoms with Crippen LogP contribution < -0.4 is 5.56 Å². The summed E-state index contributed by atoms with van der Waals surface area (Å²) in [6.45, 7) is 5.33.